The maximum absolute atomic E-state index is 10.6. The zero-order valence-corrected chi connectivity index (χ0v) is 19.2. The van der Waals surface area contributed by atoms with Gasteiger partial charge >= 0.3 is 5.97 Å². The highest BCUT2D eigenvalue weighted by Gasteiger charge is 2.05. The fraction of sp³-hybridized carbons (Fsp3) is 0.958. The number of carboxylic acids is 1. The average molecular weight is 399 g/mol. The Morgan fingerprint density at radius 3 is 1.43 bits per heavy atom. The van der Waals surface area contributed by atoms with Gasteiger partial charge in [0.2, 0.25) is 0 Å². The van der Waals surface area contributed by atoms with E-state index in [9.17, 15) is 4.79 Å². The standard InChI is InChI=1S/C24H50N2O2/c1-3-5-7-9-11-13-15-17-20-26(22-19-25-23-24(27)28)21-18-16-14-12-10-8-6-4-2/h25H,3-23H2,1-2H3,(H,27,28). The number of hydrogen-bond donors (Lipinski definition) is 2. The number of hydrogen-bond acceptors (Lipinski definition) is 3. The minimum atomic E-state index is -0.766. The summed E-state index contributed by atoms with van der Waals surface area (Å²) in [5, 5.41) is 11.8. The van der Waals surface area contributed by atoms with Crippen LogP contribution in [0.25, 0.3) is 0 Å². The van der Waals surface area contributed by atoms with Crippen LogP contribution < -0.4 is 5.32 Å². The highest BCUT2D eigenvalue weighted by molar-refractivity contribution is 5.68. The number of nitrogens with zero attached hydrogens (tertiary/aromatic N) is 1. The van der Waals surface area contributed by atoms with E-state index >= 15 is 0 Å². The lowest BCUT2D eigenvalue weighted by Gasteiger charge is -2.22. The molecule has 4 nitrogen and oxygen atoms in total. The van der Waals surface area contributed by atoms with Crippen LogP contribution >= 0.6 is 0 Å². The summed E-state index contributed by atoms with van der Waals surface area (Å²) in [6.45, 7) is 8.70. The molecule has 28 heavy (non-hydrogen) atoms. The van der Waals surface area contributed by atoms with Crippen molar-refractivity contribution in [3.63, 3.8) is 0 Å². The van der Waals surface area contributed by atoms with Gasteiger partial charge in [0.1, 0.15) is 0 Å². The summed E-state index contributed by atoms with van der Waals surface area (Å²) in [4.78, 5) is 13.2. The molecule has 2 N–H and O–H groups in total. The topological polar surface area (TPSA) is 52.6 Å². The van der Waals surface area contributed by atoms with Gasteiger partial charge in [-0.2, -0.15) is 0 Å². The van der Waals surface area contributed by atoms with Gasteiger partial charge in [-0.05, 0) is 25.9 Å². The van der Waals surface area contributed by atoms with E-state index in [4.69, 9.17) is 5.11 Å². The molecule has 0 saturated carbocycles. The summed E-state index contributed by atoms with van der Waals surface area (Å²) in [7, 11) is 0. The molecule has 0 spiro atoms. The Morgan fingerprint density at radius 2 is 1.04 bits per heavy atom. The molecule has 0 unspecified atom stereocenters. The number of rotatable bonds is 23. The molecule has 0 aromatic carbocycles. The molecule has 168 valence electrons. The van der Waals surface area contributed by atoms with Gasteiger partial charge in [0.15, 0.2) is 0 Å². The maximum Gasteiger partial charge on any atom is 0.317 e. The van der Waals surface area contributed by atoms with Crippen molar-refractivity contribution in [1.29, 1.82) is 0 Å². The third kappa shape index (κ3) is 21.7. The van der Waals surface area contributed by atoms with Crippen LogP contribution in [0.3, 0.4) is 0 Å². The lowest BCUT2D eigenvalue weighted by molar-refractivity contribution is -0.135. The van der Waals surface area contributed by atoms with Crippen LogP contribution in [0.5, 0.6) is 0 Å². The first kappa shape index (κ1) is 27.4. The van der Waals surface area contributed by atoms with Gasteiger partial charge in [0, 0.05) is 13.1 Å². The van der Waals surface area contributed by atoms with E-state index in [0.29, 0.717) is 0 Å². The first-order valence-electron chi connectivity index (χ1n) is 12.4. The summed E-state index contributed by atoms with van der Waals surface area (Å²) in [5.41, 5.74) is 0. The zero-order valence-electron chi connectivity index (χ0n) is 19.2. The summed E-state index contributed by atoms with van der Waals surface area (Å²) < 4.78 is 0. The Labute approximate surface area is 175 Å². The second-order valence-corrected chi connectivity index (χ2v) is 8.36. The fourth-order valence-electron chi connectivity index (χ4n) is 3.71. The van der Waals surface area contributed by atoms with Gasteiger partial charge in [-0.15, -0.1) is 0 Å². The Balaban J connectivity index is 3.80. The molecular formula is C24H50N2O2. The Hall–Kier alpha value is -0.610. The maximum atomic E-state index is 10.6. The number of aliphatic carboxylic acids is 1. The molecule has 0 bridgehead atoms. The molecule has 0 aromatic heterocycles. The molecule has 0 amide bonds. The van der Waals surface area contributed by atoms with Crippen LogP contribution in [0.2, 0.25) is 0 Å². The highest BCUT2D eigenvalue weighted by Crippen LogP contribution is 2.11. The highest BCUT2D eigenvalue weighted by atomic mass is 16.4. The van der Waals surface area contributed by atoms with Crippen LogP contribution in [-0.4, -0.2) is 48.7 Å². The Bertz CT molecular complexity index is 304. The third-order valence-electron chi connectivity index (χ3n) is 5.54. The number of carboxylic acid groups (broad SMARTS) is 1. The van der Waals surface area contributed by atoms with E-state index in [1.165, 1.54) is 116 Å². The van der Waals surface area contributed by atoms with Gasteiger partial charge in [-0.1, -0.05) is 104 Å². The summed E-state index contributed by atoms with van der Waals surface area (Å²) in [5.74, 6) is -0.766. The molecule has 0 aromatic rings. The van der Waals surface area contributed by atoms with Gasteiger partial charge in [0.25, 0.3) is 0 Å². The molecule has 0 aliphatic carbocycles. The van der Waals surface area contributed by atoms with Crippen LogP contribution in [0, 0.1) is 0 Å². The summed E-state index contributed by atoms with van der Waals surface area (Å²) in [6.07, 6.45) is 21.8. The van der Waals surface area contributed by atoms with Crippen LogP contribution in [-0.2, 0) is 4.79 Å². The Morgan fingerprint density at radius 1 is 0.643 bits per heavy atom. The molecule has 0 aliphatic rings. The molecule has 0 radical (unpaired) electrons. The minimum absolute atomic E-state index is 0.0728. The zero-order chi connectivity index (χ0) is 20.7. The molecule has 4 heteroatoms. The third-order valence-corrected chi connectivity index (χ3v) is 5.54. The molecule has 0 atom stereocenters. The van der Waals surface area contributed by atoms with Crippen molar-refractivity contribution >= 4 is 5.97 Å². The van der Waals surface area contributed by atoms with Crippen molar-refractivity contribution in [1.82, 2.24) is 10.2 Å². The van der Waals surface area contributed by atoms with Gasteiger partial charge in [-0.25, -0.2) is 0 Å². The van der Waals surface area contributed by atoms with Crippen molar-refractivity contribution < 1.29 is 9.90 Å². The van der Waals surface area contributed by atoms with E-state index in [1.807, 2.05) is 0 Å². The number of unbranched alkanes of at least 4 members (excludes halogenated alkanes) is 14. The predicted octanol–water partition coefficient (Wildman–Crippen LogP) is 6.24. The average Bonchev–Trinajstić information content (AvgIpc) is 2.68. The van der Waals surface area contributed by atoms with Gasteiger partial charge in [-0.3, -0.25) is 4.79 Å². The smallest absolute Gasteiger partial charge is 0.317 e. The predicted molar refractivity (Wildman–Crippen MR) is 122 cm³/mol. The normalized spacial score (nSPS) is 11.4. The molecule has 0 rings (SSSR count). The van der Waals surface area contributed by atoms with E-state index in [-0.39, 0.29) is 6.54 Å². The van der Waals surface area contributed by atoms with Crippen LogP contribution in [0.1, 0.15) is 117 Å². The van der Waals surface area contributed by atoms with E-state index in [2.05, 4.69) is 24.1 Å². The van der Waals surface area contributed by atoms with Crippen LogP contribution in [0.4, 0.5) is 0 Å². The quantitative estimate of drug-likeness (QED) is 0.200. The lowest BCUT2D eigenvalue weighted by Crippen LogP contribution is -2.35. The largest absolute Gasteiger partial charge is 0.480 e. The van der Waals surface area contributed by atoms with E-state index in [1.54, 1.807) is 0 Å². The molecular weight excluding hydrogens is 348 g/mol. The summed E-state index contributed by atoms with van der Waals surface area (Å²) in [6, 6.07) is 0. The SMILES string of the molecule is CCCCCCCCCCN(CCCCCCCCCC)CCNCC(=O)O. The van der Waals surface area contributed by atoms with E-state index in [0.717, 1.165) is 13.1 Å². The Kier molecular flexibility index (Phi) is 22.2. The fourth-order valence-corrected chi connectivity index (χ4v) is 3.71. The van der Waals surface area contributed by atoms with Crippen molar-refractivity contribution in [2.45, 2.75) is 117 Å². The monoisotopic (exact) mass is 398 g/mol. The van der Waals surface area contributed by atoms with E-state index < -0.39 is 5.97 Å². The van der Waals surface area contributed by atoms with Crippen molar-refractivity contribution in [2.24, 2.45) is 0 Å². The number of carbonyl (C=O) groups is 1. The second-order valence-electron chi connectivity index (χ2n) is 8.36. The number of nitrogens with one attached hydrogen (secondary N) is 1. The van der Waals surface area contributed by atoms with Crippen LogP contribution in [0.15, 0.2) is 0 Å². The molecule has 0 aliphatic heterocycles. The lowest BCUT2D eigenvalue weighted by atomic mass is 10.1. The first-order valence-corrected chi connectivity index (χ1v) is 12.4. The van der Waals surface area contributed by atoms with Crippen molar-refractivity contribution in [3.8, 4) is 0 Å². The van der Waals surface area contributed by atoms with Crippen molar-refractivity contribution in [2.75, 3.05) is 32.7 Å². The molecule has 0 heterocycles. The van der Waals surface area contributed by atoms with Gasteiger partial charge in [0.05, 0.1) is 6.54 Å². The van der Waals surface area contributed by atoms with Crippen molar-refractivity contribution in [3.05, 3.63) is 0 Å². The summed E-state index contributed by atoms with van der Waals surface area (Å²) >= 11 is 0. The second kappa shape index (κ2) is 22.7. The molecule has 0 saturated heterocycles. The minimum Gasteiger partial charge on any atom is -0.480 e. The molecule has 0 fully saturated rings. The first-order chi connectivity index (χ1) is 13.7. The van der Waals surface area contributed by atoms with Gasteiger partial charge < -0.3 is 15.3 Å².